The van der Waals surface area contributed by atoms with Crippen molar-refractivity contribution in [3.63, 3.8) is 0 Å². The summed E-state index contributed by atoms with van der Waals surface area (Å²) in [5, 5.41) is 27.7. The molecule has 2 saturated carbocycles. The number of imidazole rings is 1. The van der Waals surface area contributed by atoms with Crippen LogP contribution in [0.1, 0.15) is 63.9 Å². The molecule has 0 bridgehead atoms. The first kappa shape index (κ1) is 27.3. The van der Waals surface area contributed by atoms with Crippen molar-refractivity contribution >= 4 is 28.7 Å². The van der Waals surface area contributed by atoms with Crippen LogP contribution in [0.15, 0.2) is 36.7 Å². The average molecular weight is 560 g/mol. The number of rotatable bonds is 10. The number of pyridine rings is 2. The molecule has 11 heteroatoms. The lowest BCUT2D eigenvalue weighted by Gasteiger charge is -2.46. The molecular formula is C30H37N7O4. The highest BCUT2D eigenvalue weighted by Gasteiger charge is 2.46. The number of hydrogen-bond acceptors (Lipinski definition) is 9. The van der Waals surface area contributed by atoms with Crippen LogP contribution in [0.4, 0.5) is 11.8 Å². The van der Waals surface area contributed by atoms with E-state index in [9.17, 15) is 15.0 Å². The van der Waals surface area contributed by atoms with Crippen LogP contribution in [0.3, 0.4) is 0 Å². The summed E-state index contributed by atoms with van der Waals surface area (Å²) in [7, 11) is 1.90. The highest BCUT2D eigenvalue weighted by molar-refractivity contribution is 5.85. The number of aromatic nitrogens is 6. The van der Waals surface area contributed by atoms with Crippen LogP contribution in [0.2, 0.25) is 0 Å². The van der Waals surface area contributed by atoms with E-state index in [0.29, 0.717) is 53.9 Å². The normalized spacial score (nSPS) is 17.0. The summed E-state index contributed by atoms with van der Waals surface area (Å²) < 4.78 is 10.0. The second-order valence-electron chi connectivity index (χ2n) is 12.6. The maximum absolute atomic E-state index is 12.2. The van der Waals surface area contributed by atoms with Gasteiger partial charge in [-0.3, -0.25) is 14.5 Å². The lowest BCUT2D eigenvalue weighted by atomic mass is 9.66. The number of nitrogens with one attached hydrogen (secondary N) is 1. The molecule has 4 heterocycles. The van der Waals surface area contributed by atoms with Gasteiger partial charge in [0.15, 0.2) is 11.5 Å². The Morgan fingerprint density at radius 2 is 1.88 bits per heavy atom. The summed E-state index contributed by atoms with van der Waals surface area (Å²) in [6.45, 7) is 6.37. The average Bonchev–Trinajstić information content (AvgIpc) is 3.62. The van der Waals surface area contributed by atoms with Crippen LogP contribution in [0.25, 0.3) is 11.2 Å². The number of Topliss-reactive ketones (excluding diaryl/α,β-unsaturated/α-hetero) is 1. The molecule has 0 aromatic carbocycles. The molecule has 41 heavy (non-hydrogen) atoms. The van der Waals surface area contributed by atoms with Crippen molar-refractivity contribution in [1.82, 2.24) is 29.3 Å². The van der Waals surface area contributed by atoms with Crippen molar-refractivity contribution in [1.29, 1.82) is 0 Å². The summed E-state index contributed by atoms with van der Waals surface area (Å²) in [6.07, 6.45) is 6.94. The van der Waals surface area contributed by atoms with Crippen molar-refractivity contribution in [3.05, 3.63) is 48.0 Å². The fourth-order valence-electron chi connectivity index (χ4n) is 5.53. The number of ether oxygens (including phenoxy) is 1. The van der Waals surface area contributed by atoms with Gasteiger partial charge in [0.2, 0.25) is 5.95 Å². The fourth-order valence-corrected chi connectivity index (χ4v) is 5.53. The Bertz CT molecular complexity index is 1590. The second-order valence-corrected chi connectivity index (χ2v) is 12.6. The first-order valence-electron chi connectivity index (χ1n) is 14.1. The third-order valence-corrected chi connectivity index (χ3v) is 8.22. The molecule has 2 fully saturated rings. The van der Waals surface area contributed by atoms with E-state index < -0.39 is 5.41 Å². The number of nitrogens with zero attached hydrogens (tertiary/aromatic N) is 6. The molecule has 11 nitrogen and oxygen atoms in total. The van der Waals surface area contributed by atoms with Gasteiger partial charge >= 0.3 is 0 Å². The summed E-state index contributed by atoms with van der Waals surface area (Å²) in [5.74, 6) is 2.85. The van der Waals surface area contributed by atoms with Crippen LogP contribution in [0.5, 0.6) is 11.5 Å². The molecule has 4 aromatic heterocycles. The Labute approximate surface area is 238 Å². The minimum atomic E-state index is -0.436. The van der Waals surface area contributed by atoms with Crippen molar-refractivity contribution in [3.8, 4) is 11.5 Å². The molecule has 4 aromatic rings. The number of aliphatic hydroxyl groups excluding tert-OH is 2. The van der Waals surface area contributed by atoms with Gasteiger partial charge in [-0.05, 0) is 31.7 Å². The van der Waals surface area contributed by atoms with E-state index in [1.165, 1.54) is 0 Å². The van der Waals surface area contributed by atoms with Gasteiger partial charge in [0.05, 0.1) is 36.7 Å². The summed E-state index contributed by atoms with van der Waals surface area (Å²) in [5.41, 5.74) is 2.54. The van der Waals surface area contributed by atoms with Crippen molar-refractivity contribution in [2.75, 3.05) is 18.5 Å². The topological polar surface area (TPSA) is 140 Å². The van der Waals surface area contributed by atoms with E-state index >= 15 is 0 Å². The maximum Gasteiger partial charge on any atom is 0.210 e. The molecule has 0 saturated heterocycles. The molecule has 0 aliphatic heterocycles. The summed E-state index contributed by atoms with van der Waals surface area (Å²) in [6, 6.07) is 7.60. The van der Waals surface area contributed by atoms with Crippen molar-refractivity contribution < 1.29 is 19.7 Å². The lowest BCUT2D eigenvalue weighted by molar-refractivity contribution is -0.119. The molecule has 0 radical (unpaired) electrons. The minimum absolute atomic E-state index is 0.0296. The number of hydrogen-bond donors (Lipinski definition) is 3. The van der Waals surface area contributed by atoms with Gasteiger partial charge in [0.1, 0.15) is 17.3 Å². The van der Waals surface area contributed by atoms with Crippen LogP contribution in [-0.4, -0.2) is 58.5 Å². The highest BCUT2D eigenvalue weighted by atomic mass is 16.5. The Balaban J connectivity index is 1.21. The SMILES string of the molecule is Cn1c(Nc2cc(C(C)(C)C)n(C3CC(CO)(CO)C3)n2)nc2ncc(Oc3ccnc(CC(=O)C4CC4)c3)cc21. The number of carbonyl (C=O) groups is 1. The third kappa shape index (κ3) is 5.43. The standard InChI is InChI=1S/C30H37N7O4/c1-29(2,3)25-12-26(35-37(25)20-13-30(14-20,16-38)17-39)33-28-34-27-23(36(28)4)11-22(15-32-27)41-21-7-8-31-19(9-21)10-24(40)18-5-6-18/h7-9,11-12,15,18,20,38-39H,5-6,10,13-14,16-17H2,1-4H3,(H,32,33,34,35). The second kappa shape index (κ2) is 10.2. The van der Waals surface area contributed by atoms with Gasteiger partial charge in [-0.15, -0.1) is 0 Å². The van der Waals surface area contributed by atoms with Gasteiger partial charge in [-0.2, -0.15) is 10.1 Å². The summed E-state index contributed by atoms with van der Waals surface area (Å²) in [4.78, 5) is 25.7. The molecule has 2 aliphatic rings. The van der Waals surface area contributed by atoms with Gasteiger partial charge in [0, 0.05) is 60.3 Å². The number of ketones is 1. The Kier molecular flexibility index (Phi) is 6.82. The van der Waals surface area contributed by atoms with Gasteiger partial charge in [-0.25, -0.2) is 4.98 Å². The Morgan fingerprint density at radius 1 is 1.12 bits per heavy atom. The minimum Gasteiger partial charge on any atom is -0.456 e. The first-order chi connectivity index (χ1) is 19.6. The Morgan fingerprint density at radius 3 is 2.56 bits per heavy atom. The molecule has 0 amide bonds. The predicted octanol–water partition coefficient (Wildman–Crippen LogP) is 4.22. The monoisotopic (exact) mass is 559 g/mol. The number of anilines is 2. The van der Waals surface area contributed by atoms with Gasteiger partial charge in [0.25, 0.3) is 0 Å². The summed E-state index contributed by atoms with van der Waals surface area (Å²) >= 11 is 0. The fraction of sp³-hybridized carbons (Fsp3) is 0.500. The number of aryl methyl sites for hydroxylation is 1. The van der Waals surface area contributed by atoms with E-state index in [4.69, 9.17) is 9.84 Å². The molecule has 6 rings (SSSR count). The number of carbonyl (C=O) groups excluding carboxylic acids is 1. The molecule has 3 N–H and O–H groups in total. The largest absolute Gasteiger partial charge is 0.456 e. The predicted molar refractivity (Wildman–Crippen MR) is 153 cm³/mol. The number of fused-ring (bicyclic) bond motifs is 1. The van der Waals surface area contributed by atoms with Gasteiger partial charge in [-0.1, -0.05) is 20.8 Å². The van der Waals surface area contributed by atoms with Crippen molar-refractivity contribution in [2.24, 2.45) is 18.4 Å². The molecular weight excluding hydrogens is 522 g/mol. The highest BCUT2D eigenvalue weighted by Crippen LogP contribution is 2.49. The quantitative estimate of drug-likeness (QED) is 0.260. The molecule has 0 spiro atoms. The van der Waals surface area contributed by atoms with Crippen LogP contribution in [0, 0.1) is 11.3 Å². The zero-order valence-electron chi connectivity index (χ0n) is 24.0. The van der Waals surface area contributed by atoms with Gasteiger partial charge < -0.3 is 24.8 Å². The van der Waals surface area contributed by atoms with E-state index in [1.54, 1.807) is 24.5 Å². The first-order valence-corrected chi connectivity index (χ1v) is 14.1. The van der Waals surface area contributed by atoms with E-state index in [2.05, 4.69) is 41.0 Å². The third-order valence-electron chi connectivity index (χ3n) is 8.22. The smallest absolute Gasteiger partial charge is 0.210 e. The van der Waals surface area contributed by atoms with Crippen molar-refractivity contribution in [2.45, 2.75) is 64.3 Å². The van der Waals surface area contributed by atoms with Crippen LogP contribution >= 0.6 is 0 Å². The molecule has 2 aliphatic carbocycles. The van der Waals surface area contributed by atoms with E-state index in [-0.39, 0.29) is 36.4 Å². The maximum atomic E-state index is 12.2. The van der Waals surface area contributed by atoms with Crippen LogP contribution in [-0.2, 0) is 23.7 Å². The molecule has 0 unspecified atom stereocenters. The zero-order valence-corrected chi connectivity index (χ0v) is 24.0. The zero-order chi connectivity index (χ0) is 28.9. The molecule has 216 valence electrons. The van der Waals surface area contributed by atoms with Crippen LogP contribution < -0.4 is 10.1 Å². The van der Waals surface area contributed by atoms with E-state index in [1.807, 2.05) is 28.4 Å². The lowest BCUT2D eigenvalue weighted by Crippen LogP contribution is -2.45. The molecule has 0 atom stereocenters. The Hall–Kier alpha value is -3.83. The van der Waals surface area contributed by atoms with E-state index in [0.717, 1.165) is 24.1 Å². The number of aliphatic hydroxyl groups is 2.